The SMILES string of the molecule is CC1CCN(S(=O)(=O)c2csc(CO)c2)CC1C. The van der Waals surface area contributed by atoms with Crippen molar-refractivity contribution in [2.45, 2.75) is 31.8 Å². The van der Waals surface area contributed by atoms with Crippen molar-refractivity contribution in [3.63, 3.8) is 0 Å². The lowest BCUT2D eigenvalue weighted by Crippen LogP contribution is -2.41. The third-order valence-corrected chi connectivity index (χ3v) is 6.63. The second-order valence-electron chi connectivity index (χ2n) is 5.01. The van der Waals surface area contributed by atoms with Crippen LogP contribution >= 0.6 is 11.3 Å². The standard InChI is InChI=1S/C12H19NO3S2/c1-9-3-4-13(6-10(9)2)18(15,16)12-5-11(7-14)17-8-12/h5,8-10,14H,3-4,6-7H2,1-2H3. The van der Waals surface area contributed by atoms with Gasteiger partial charge in [0.2, 0.25) is 10.0 Å². The Balaban J connectivity index is 2.21. The van der Waals surface area contributed by atoms with Gasteiger partial charge in [-0.2, -0.15) is 4.31 Å². The fraction of sp³-hybridized carbons (Fsp3) is 0.667. The predicted octanol–water partition coefficient (Wildman–Crippen LogP) is 1.91. The molecule has 1 N–H and O–H groups in total. The molecule has 1 aromatic heterocycles. The van der Waals surface area contributed by atoms with Gasteiger partial charge in [0.25, 0.3) is 0 Å². The van der Waals surface area contributed by atoms with Gasteiger partial charge in [-0.05, 0) is 24.3 Å². The summed E-state index contributed by atoms with van der Waals surface area (Å²) in [5.74, 6) is 0.969. The Morgan fingerprint density at radius 1 is 1.44 bits per heavy atom. The first-order valence-electron chi connectivity index (χ1n) is 6.13. The van der Waals surface area contributed by atoms with E-state index in [1.807, 2.05) is 0 Å². The molecule has 6 heteroatoms. The summed E-state index contributed by atoms with van der Waals surface area (Å²) in [6.07, 6.45) is 0.914. The van der Waals surface area contributed by atoms with Gasteiger partial charge in [0, 0.05) is 23.3 Å². The lowest BCUT2D eigenvalue weighted by molar-refractivity contribution is 0.212. The summed E-state index contributed by atoms with van der Waals surface area (Å²) >= 11 is 1.29. The number of hydrogen-bond donors (Lipinski definition) is 1. The minimum atomic E-state index is -3.37. The van der Waals surface area contributed by atoms with Gasteiger partial charge in [-0.15, -0.1) is 11.3 Å². The van der Waals surface area contributed by atoms with Crippen molar-refractivity contribution in [3.8, 4) is 0 Å². The van der Waals surface area contributed by atoms with E-state index in [0.29, 0.717) is 34.7 Å². The molecule has 1 fully saturated rings. The van der Waals surface area contributed by atoms with Gasteiger partial charge in [-0.1, -0.05) is 13.8 Å². The third-order valence-electron chi connectivity index (χ3n) is 3.72. The number of aliphatic hydroxyl groups excluding tert-OH is 1. The molecule has 0 aliphatic carbocycles. The zero-order valence-electron chi connectivity index (χ0n) is 10.7. The van der Waals surface area contributed by atoms with Gasteiger partial charge in [0.15, 0.2) is 0 Å². The van der Waals surface area contributed by atoms with Crippen molar-refractivity contribution in [2.75, 3.05) is 13.1 Å². The van der Waals surface area contributed by atoms with Crippen LogP contribution in [0.5, 0.6) is 0 Å². The number of hydrogen-bond acceptors (Lipinski definition) is 4. The summed E-state index contributed by atoms with van der Waals surface area (Å²) in [7, 11) is -3.37. The van der Waals surface area contributed by atoms with Crippen LogP contribution in [-0.4, -0.2) is 30.9 Å². The second kappa shape index (κ2) is 5.28. The number of sulfonamides is 1. The molecule has 0 aromatic carbocycles. The van der Waals surface area contributed by atoms with Gasteiger partial charge < -0.3 is 5.11 Å². The van der Waals surface area contributed by atoms with Crippen molar-refractivity contribution in [1.29, 1.82) is 0 Å². The van der Waals surface area contributed by atoms with E-state index in [9.17, 15) is 8.42 Å². The highest BCUT2D eigenvalue weighted by Gasteiger charge is 2.32. The highest BCUT2D eigenvalue weighted by molar-refractivity contribution is 7.89. The maximum atomic E-state index is 12.4. The number of nitrogens with zero attached hydrogens (tertiary/aromatic N) is 1. The highest BCUT2D eigenvalue weighted by Crippen LogP contribution is 2.29. The molecular weight excluding hydrogens is 270 g/mol. The lowest BCUT2D eigenvalue weighted by atomic mass is 9.90. The zero-order chi connectivity index (χ0) is 13.3. The van der Waals surface area contributed by atoms with Gasteiger partial charge in [-0.25, -0.2) is 8.42 Å². The Morgan fingerprint density at radius 3 is 2.72 bits per heavy atom. The zero-order valence-corrected chi connectivity index (χ0v) is 12.3. The fourth-order valence-electron chi connectivity index (χ4n) is 2.17. The molecule has 4 nitrogen and oxygen atoms in total. The smallest absolute Gasteiger partial charge is 0.243 e. The van der Waals surface area contributed by atoms with E-state index in [1.54, 1.807) is 15.8 Å². The third kappa shape index (κ3) is 2.61. The largest absolute Gasteiger partial charge is 0.391 e. The van der Waals surface area contributed by atoms with Crippen LogP contribution in [0.2, 0.25) is 0 Å². The molecule has 0 bridgehead atoms. The second-order valence-corrected chi connectivity index (χ2v) is 7.95. The van der Waals surface area contributed by atoms with Crippen LogP contribution in [0.15, 0.2) is 16.3 Å². The molecule has 1 saturated heterocycles. The van der Waals surface area contributed by atoms with Crippen LogP contribution in [-0.2, 0) is 16.6 Å². The van der Waals surface area contributed by atoms with Crippen LogP contribution in [0.3, 0.4) is 0 Å². The molecule has 2 heterocycles. The van der Waals surface area contributed by atoms with E-state index in [4.69, 9.17) is 5.11 Å². The van der Waals surface area contributed by atoms with Gasteiger partial charge in [0.05, 0.1) is 11.5 Å². The lowest BCUT2D eigenvalue weighted by Gasteiger charge is -2.34. The van der Waals surface area contributed by atoms with E-state index in [1.165, 1.54) is 11.3 Å². The number of piperidine rings is 1. The van der Waals surface area contributed by atoms with Crippen molar-refractivity contribution in [3.05, 3.63) is 16.3 Å². The molecule has 0 saturated carbocycles. The average Bonchev–Trinajstić information content (AvgIpc) is 2.81. The normalized spacial score (nSPS) is 26.4. The Hall–Kier alpha value is -0.430. The molecular formula is C12H19NO3S2. The fourth-order valence-corrected chi connectivity index (χ4v) is 4.85. The van der Waals surface area contributed by atoms with Crippen molar-refractivity contribution in [1.82, 2.24) is 4.31 Å². The number of thiophene rings is 1. The first kappa shape index (κ1) is 14.0. The van der Waals surface area contributed by atoms with Crippen molar-refractivity contribution in [2.24, 2.45) is 11.8 Å². The predicted molar refractivity (Wildman–Crippen MR) is 71.9 cm³/mol. The first-order chi connectivity index (χ1) is 8.45. The maximum absolute atomic E-state index is 12.4. The molecule has 0 amide bonds. The van der Waals surface area contributed by atoms with Crippen LogP contribution in [0.25, 0.3) is 0 Å². The summed E-state index contributed by atoms with van der Waals surface area (Å²) in [6, 6.07) is 1.57. The van der Waals surface area contributed by atoms with Crippen LogP contribution in [0, 0.1) is 11.8 Å². The van der Waals surface area contributed by atoms with Crippen LogP contribution in [0.1, 0.15) is 25.1 Å². The number of rotatable bonds is 3. The highest BCUT2D eigenvalue weighted by atomic mass is 32.2. The van der Waals surface area contributed by atoms with Crippen molar-refractivity contribution < 1.29 is 13.5 Å². The first-order valence-corrected chi connectivity index (χ1v) is 8.45. The summed E-state index contributed by atoms with van der Waals surface area (Å²) in [5.41, 5.74) is 0. The molecule has 102 valence electrons. The van der Waals surface area contributed by atoms with Gasteiger partial charge in [0.1, 0.15) is 0 Å². The average molecular weight is 289 g/mol. The summed E-state index contributed by atoms with van der Waals surface area (Å²) < 4.78 is 26.4. The number of aliphatic hydroxyl groups is 1. The molecule has 1 aromatic rings. The summed E-state index contributed by atoms with van der Waals surface area (Å²) in [6.45, 7) is 5.35. The van der Waals surface area contributed by atoms with E-state index in [-0.39, 0.29) is 6.61 Å². The molecule has 2 atom stereocenters. The minimum Gasteiger partial charge on any atom is -0.391 e. The minimum absolute atomic E-state index is 0.104. The molecule has 0 radical (unpaired) electrons. The van der Waals surface area contributed by atoms with Crippen molar-refractivity contribution >= 4 is 21.4 Å². The molecule has 2 unspecified atom stereocenters. The molecule has 1 aliphatic rings. The van der Waals surface area contributed by atoms with Crippen LogP contribution < -0.4 is 0 Å². The van der Waals surface area contributed by atoms with E-state index < -0.39 is 10.0 Å². The Labute approximate surface area is 112 Å². The quantitative estimate of drug-likeness (QED) is 0.924. The molecule has 2 rings (SSSR count). The molecule has 18 heavy (non-hydrogen) atoms. The Bertz CT molecular complexity index is 509. The van der Waals surface area contributed by atoms with Gasteiger partial charge >= 0.3 is 0 Å². The maximum Gasteiger partial charge on any atom is 0.243 e. The van der Waals surface area contributed by atoms with E-state index in [0.717, 1.165) is 6.42 Å². The summed E-state index contributed by atoms with van der Waals surface area (Å²) in [5, 5.41) is 10.6. The Morgan fingerprint density at radius 2 is 2.17 bits per heavy atom. The van der Waals surface area contributed by atoms with E-state index in [2.05, 4.69) is 13.8 Å². The van der Waals surface area contributed by atoms with E-state index >= 15 is 0 Å². The molecule has 1 aliphatic heterocycles. The Kier molecular flexibility index (Phi) is 4.11. The van der Waals surface area contributed by atoms with Gasteiger partial charge in [-0.3, -0.25) is 0 Å². The molecule has 0 spiro atoms. The van der Waals surface area contributed by atoms with Crippen LogP contribution in [0.4, 0.5) is 0 Å². The topological polar surface area (TPSA) is 57.6 Å². The monoisotopic (exact) mass is 289 g/mol. The summed E-state index contributed by atoms with van der Waals surface area (Å²) in [4.78, 5) is 1.00.